The Morgan fingerprint density at radius 2 is 1.73 bits per heavy atom. The Morgan fingerprint density at radius 3 is 2.48 bits per heavy atom. The van der Waals surface area contributed by atoms with E-state index in [4.69, 9.17) is 9.97 Å². The molecule has 0 bridgehead atoms. The zero-order valence-corrected chi connectivity index (χ0v) is 22.6. The van der Waals surface area contributed by atoms with Gasteiger partial charge in [-0.3, -0.25) is 14.3 Å². The lowest BCUT2D eigenvalue weighted by Crippen LogP contribution is -2.44. The van der Waals surface area contributed by atoms with Crippen LogP contribution < -0.4 is 15.5 Å². The summed E-state index contributed by atoms with van der Waals surface area (Å²) in [6.07, 6.45) is 5.63. The van der Waals surface area contributed by atoms with Crippen molar-refractivity contribution in [2.75, 3.05) is 48.8 Å². The highest BCUT2D eigenvalue weighted by Crippen LogP contribution is 2.29. The number of likely N-dealkylation sites (N-methyl/N-ethyl adjacent to an activating group) is 1. The number of fused-ring (bicyclic) bond motifs is 1. The molecular weight excluding hydrogens is 502 g/mol. The number of nitrogens with zero attached hydrogens (tertiary/aromatic N) is 7. The third-order valence-corrected chi connectivity index (χ3v) is 7.02. The minimum absolute atomic E-state index is 0.0485. The van der Waals surface area contributed by atoms with Gasteiger partial charge in [0.25, 0.3) is 0 Å². The average molecular weight is 534 g/mol. The van der Waals surface area contributed by atoms with Crippen molar-refractivity contribution < 1.29 is 4.79 Å². The highest BCUT2D eigenvalue weighted by molar-refractivity contribution is 5.91. The summed E-state index contributed by atoms with van der Waals surface area (Å²) >= 11 is 0. The van der Waals surface area contributed by atoms with Crippen molar-refractivity contribution in [3.8, 4) is 17.1 Å². The Morgan fingerprint density at radius 1 is 0.900 bits per heavy atom. The van der Waals surface area contributed by atoms with Gasteiger partial charge in [-0.15, -0.1) is 0 Å². The van der Waals surface area contributed by atoms with Gasteiger partial charge in [0.15, 0.2) is 5.65 Å². The smallest absolute Gasteiger partial charge is 0.229 e. The summed E-state index contributed by atoms with van der Waals surface area (Å²) in [6, 6.07) is 19.9. The minimum atomic E-state index is -0.0485. The molecule has 0 atom stereocenters. The first-order valence-electron chi connectivity index (χ1n) is 13.4. The van der Waals surface area contributed by atoms with Gasteiger partial charge in [-0.25, -0.2) is 9.97 Å². The first-order chi connectivity index (χ1) is 19.6. The number of rotatable bonds is 7. The third-order valence-electron chi connectivity index (χ3n) is 7.02. The first-order valence-corrected chi connectivity index (χ1v) is 13.4. The van der Waals surface area contributed by atoms with E-state index < -0.39 is 0 Å². The van der Waals surface area contributed by atoms with Gasteiger partial charge in [0.2, 0.25) is 11.9 Å². The number of carbonyl (C=O) groups excluding carboxylic acids is 1. The summed E-state index contributed by atoms with van der Waals surface area (Å²) in [6.45, 7) is 6.01. The van der Waals surface area contributed by atoms with E-state index >= 15 is 0 Å². The molecule has 0 aliphatic carbocycles. The van der Waals surface area contributed by atoms with Crippen LogP contribution in [0.15, 0.2) is 79.3 Å². The lowest BCUT2D eigenvalue weighted by molar-refractivity contribution is -0.115. The van der Waals surface area contributed by atoms with E-state index in [1.54, 1.807) is 18.6 Å². The topological polar surface area (TPSA) is 104 Å². The monoisotopic (exact) mass is 533 g/mol. The van der Waals surface area contributed by atoms with Gasteiger partial charge in [-0.1, -0.05) is 13.0 Å². The molecule has 6 rings (SSSR count). The molecule has 2 aromatic carbocycles. The van der Waals surface area contributed by atoms with Crippen LogP contribution in [0.1, 0.15) is 13.3 Å². The summed E-state index contributed by atoms with van der Waals surface area (Å²) in [5, 5.41) is 6.29. The predicted octanol–water partition coefficient (Wildman–Crippen LogP) is 4.72. The van der Waals surface area contributed by atoms with Crippen molar-refractivity contribution in [1.82, 2.24) is 29.4 Å². The molecule has 202 valence electrons. The van der Waals surface area contributed by atoms with E-state index in [1.807, 2.05) is 47.9 Å². The molecule has 0 spiro atoms. The number of carbonyl (C=O) groups is 1. The molecule has 1 fully saturated rings. The van der Waals surface area contributed by atoms with Gasteiger partial charge in [-0.05, 0) is 61.6 Å². The summed E-state index contributed by atoms with van der Waals surface area (Å²) in [5.74, 6) is 1.10. The molecular formula is C30H31N9O. The number of nitrogens with one attached hydrogen (secondary N) is 2. The number of amides is 1. The van der Waals surface area contributed by atoms with E-state index in [9.17, 15) is 4.79 Å². The van der Waals surface area contributed by atoms with Crippen molar-refractivity contribution in [3.63, 3.8) is 0 Å². The number of benzene rings is 2. The Balaban J connectivity index is 1.35. The van der Waals surface area contributed by atoms with E-state index in [1.165, 1.54) is 5.69 Å². The molecule has 2 N–H and O–H groups in total. The maximum Gasteiger partial charge on any atom is 0.229 e. The fourth-order valence-corrected chi connectivity index (χ4v) is 4.79. The highest BCUT2D eigenvalue weighted by Gasteiger charge is 2.18. The van der Waals surface area contributed by atoms with Gasteiger partial charge in [0, 0.05) is 67.6 Å². The van der Waals surface area contributed by atoms with Crippen LogP contribution >= 0.6 is 0 Å². The molecule has 3 aromatic heterocycles. The third kappa shape index (κ3) is 5.34. The zero-order chi connectivity index (χ0) is 27.5. The second-order valence-electron chi connectivity index (χ2n) is 9.83. The molecule has 10 nitrogen and oxygen atoms in total. The number of hydrogen-bond acceptors (Lipinski definition) is 8. The van der Waals surface area contributed by atoms with Crippen molar-refractivity contribution in [3.05, 3.63) is 79.3 Å². The van der Waals surface area contributed by atoms with Crippen LogP contribution in [0.25, 0.3) is 28.2 Å². The number of pyridine rings is 1. The Kier molecular flexibility index (Phi) is 7.07. The molecule has 10 heteroatoms. The lowest BCUT2D eigenvalue weighted by atomic mass is 10.2. The summed E-state index contributed by atoms with van der Waals surface area (Å²) in [7, 11) is 2.16. The van der Waals surface area contributed by atoms with Crippen LogP contribution in [-0.4, -0.2) is 68.5 Å². The van der Waals surface area contributed by atoms with Crippen LogP contribution in [0, 0.1) is 0 Å². The fraction of sp³-hybridized carbons (Fsp3) is 0.233. The summed E-state index contributed by atoms with van der Waals surface area (Å²) < 4.78 is 1.97. The summed E-state index contributed by atoms with van der Waals surface area (Å²) in [5.41, 5.74) is 5.77. The van der Waals surface area contributed by atoms with Crippen molar-refractivity contribution in [2.45, 2.75) is 13.3 Å². The predicted molar refractivity (Wildman–Crippen MR) is 158 cm³/mol. The second kappa shape index (κ2) is 11.1. The van der Waals surface area contributed by atoms with Crippen molar-refractivity contribution in [1.29, 1.82) is 0 Å². The van der Waals surface area contributed by atoms with Crippen LogP contribution in [0.4, 0.5) is 23.0 Å². The molecule has 0 saturated carbocycles. The fourth-order valence-electron chi connectivity index (χ4n) is 4.79. The maximum absolute atomic E-state index is 12.1. The molecule has 1 aliphatic rings. The Labute approximate surface area is 232 Å². The Hall–Kier alpha value is -4.83. The molecule has 1 amide bonds. The number of aromatic nitrogens is 5. The molecule has 0 unspecified atom stereocenters. The van der Waals surface area contributed by atoms with Crippen molar-refractivity contribution >= 4 is 40.1 Å². The van der Waals surface area contributed by atoms with Gasteiger partial charge in [0.05, 0.1) is 11.9 Å². The molecule has 1 aliphatic heterocycles. The van der Waals surface area contributed by atoms with Crippen LogP contribution in [0.5, 0.6) is 0 Å². The van der Waals surface area contributed by atoms with Gasteiger partial charge in [0.1, 0.15) is 11.3 Å². The summed E-state index contributed by atoms with van der Waals surface area (Å²) in [4.78, 5) is 35.4. The second-order valence-corrected chi connectivity index (χ2v) is 9.83. The molecule has 0 radical (unpaired) electrons. The molecule has 4 heterocycles. The number of piperazine rings is 1. The van der Waals surface area contributed by atoms with Crippen molar-refractivity contribution in [2.24, 2.45) is 0 Å². The van der Waals surface area contributed by atoms with E-state index in [2.05, 4.69) is 61.7 Å². The van der Waals surface area contributed by atoms with E-state index in [0.717, 1.165) is 43.1 Å². The Bertz CT molecular complexity index is 1620. The number of hydrogen-bond donors (Lipinski definition) is 2. The van der Waals surface area contributed by atoms with Gasteiger partial charge >= 0.3 is 0 Å². The SMILES string of the molecule is CCC(=O)Nc1cccc(-n2c(-c3cccnc3)nc3cnc(Nc4ccc(N5CCN(C)CC5)cc4)nc32)c1. The minimum Gasteiger partial charge on any atom is -0.369 e. The zero-order valence-electron chi connectivity index (χ0n) is 22.6. The molecule has 40 heavy (non-hydrogen) atoms. The molecule has 1 saturated heterocycles. The largest absolute Gasteiger partial charge is 0.369 e. The first kappa shape index (κ1) is 25.4. The van der Waals surface area contributed by atoms with Gasteiger partial charge < -0.3 is 20.4 Å². The van der Waals surface area contributed by atoms with E-state index in [0.29, 0.717) is 35.0 Å². The maximum atomic E-state index is 12.1. The quantitative estimate of drug-likeness (QED) is 0.310. The van der Waals surface area contributed by atoms with Gasteiger partial charge in [-0.2, -0.15) is 4.98 Å². The van der Waals surface area contributed by atoms with E-state index in [-0.39, 0.29) is 5.91 Å². The standard InChI is InChI=1S/C30H31N9O/c1-3-27(40)33-23-7-4-8-25(18-23)39-28(21-6-5-13-31-19-21)35-26-20-32-30(36-29(26)39)34-22-9-11-24(12-10-22)38-16-14-37(2)15-17-38/h4-13,18-20H,3,14-17H2,1-2H3,(H,33,40)(H,32,34,36). The number of anilines is 4. The molecule has 5 aromatic rings. The average Bonchev–Trinajstić information content (AvgIpc) is 3.37. The normalized spacial score (nSPS) is 13.9. The van der Waals surface area contributed by atoms with Crippen LogP contribution in [0.2, 0.25) is 0 Å². The highest BCUT2D eigenvalue weighted by atomic mass is 16.1. The van der Waals surface area contributed by atoms with Crippen LogP contribution in [-0.2, 0) is 4.79 Å². The lowest BCUT2D eigenvalue weighted by Gasteiger charge is -2.34. The van der Waals surface area contributed by atoms with Crippen LogP contribution in [0.3, 0.4) is 0 Å². The number of imidazole rings is 1.